The predicted molar refractivity (Wildman–Crippen MR) is 74.9 cm³/mol. The zero-order valence-electron chi connectivity index (χ0n) is 12.1. The molecule has 20 heavy (non-hydrogen) atoms. The quantitative estimate of drug-likeness (QED) is 0.880. The van der Waals surface area contributed by atoms with Crippen LogP contribution in [-0.2, 0) is 6.42 Å². The molecule has 1 unspecified atom stereocenters. The Morgan fingerprint density at radius 1 is 1.30 bits per heavy atom. The van der Waals surface area contributed by atoms with Gasteiger partial charge in [-0.3, -0.25) is 0 Å². The summed E-state index contributed by atoms with van der Waals surface area (Å²) in [6.07, 6.45) is 0.666. The third-order valence-corrected chi connectivity index (χ3v) is 3.14. The summed E-state index contributed by atoms with van der Waals surface area (Å²) in [5, 5.41) is 7.24. The number of nitrogens with zero attached hydrogens (tertiary/aromatic N) is 2. The lowest BCUT2D eigenvalue weighted by molar-refractivity contribution is 0.367. The van der Waals surface area contributed by atoms with E-state index in [1.165, 1.54) is 6.07 Å². The Morgan fingerprint density at radius 2 is 2.10 bits per heavy atom. The summed E-state index contributed by atoms with van der Waals surface area (Å²) in [7, 11) is 0. The fourth-order valence-electron chi connectivity index (χ4n) is 1.89. The Labute approximate surface area is 118 Å². The van der Waals surface area contributed by atoms with Crippen molar-refractivity contribution in [3.05, 3.63) is 47.4 Å². The minimum absolute atomic E-state index is 0.0817. The first-order valence-corrected chi connectivity index (χ1v) is 6.87. The lowest BCUT2D eigenvalue weighted by Crippen LogP contribution is -2.21. The summed E-state index contributed by atoms with van der Waals surface area (Å²) in [5.41, 5.74) is 0.929. The standard InChI is InChI=1S/C15H20FN3O/c1-10(2)15-18-14(20-19-15)7-8-17-11(3)12-5-4-6-13(16)9-12/h4-6,9-11,17H,7-8H2,1-3H3. The second-order valence-electron chi connectivity index (χ2n) is 5.18. The fraction of sp³-hybridized carbons (Fsp3) is 0.467. The molecule has 1 aromatic carbocycles. The Bertz CT molecular complexity index is 554. The van der Waals surface area contributed by atoms with Gasteiger partial charge < -0.3 is 9.84 Å². The lowest BCUT2D eigenvalue weighted by atomic mass is 10.1. The Morgan fingerprint density at radius 3 is 2.75 bits per heavy atom. The molecule has 0 amide bonds. The van der Waals surface area contributed by atoms with E-state index in [1.807, 2.05) is 26.8 Å². The minimum atomic E-state index is -0.213. The normalized spacial score (nSPS) is 12.8. The molecule has 2 aromatic rings. The van der Waals surface area contributed by atoms with Gasteiger partial charge in [-0.2, -0.15) is 4.98 Å². The van der Waals surface area contributed by atoms with E-state index < -0.39 is 0 Å². The summed E-state index contributed by atoms with van der Waals surface area (Å²) in [4.78, 5) is 4.32. The number of halogens is 1. The Hall–Kier alpha value is -1.75. The van der Waals surface area contributed by atoms with Crippen LogP contribution >= 0.6 is 0 Å². The highest BCUT2D eigenvalue weighted by Gasteiger charge is 2.10. The van der Waals surface area contributed by atoms with E-state index >= 15 is 0 Å². The second kappa shape index (κ2) is 6.61. The van der Waals surface area contributed by atoms with Crippen molar-refractivity contribution in [2.45, 2.75) is 39.2 Å². The van der Waals surface area contributed by atoms with Gasteiger partial charge in [0.2, 0.25) is 5.89 Å². The first kappa shape index (κ1) is 14.7. The maximum atomic E-state index is 13.1. The zero-order chi connectivity index (χ0) is 14.5. The van der Waals surface area contributed by atoms with E-state index in [2.05, 4.69) is 15.5 Å². The highest BCUT2D eigenvalue weighted by molar-refractivity contribution is 5.19. The van der Waals surface area contributed by atoms with Crippen LogP contribution in [0.3, 0.4) is 0 Å². The molecule has 0 saturated carbocycles. The molecule has 5 heteroatoms. The number of hydrogen-bond acceptors (Lipinski definition) is 4. The van der Waals surface area contributed by atoms with Crippen LogP contribution < -0.4 is 5.32 Å². The molecule has 1 N–H and O–H groups in total. The number of hydrogen-bond donors (Lipinski definition) is 1. The highest BCUT2D eigenvalue weighted by atomic mass is 19.1. The van der Waals surface area contributed by atoms with E-state index in [0.29, 0.717) is 18.9 Å². The molecule has 0 aliphatic heterocycles. The maximum Gasteiger partial charge on any atom is 0.227 e. The van der Waals surface area contributed by atoms with E-state index in [4.69, 9.17) is 4.52 Å². The van der Waals surface area contributed by atoms with Crippen molar-refractivity contribution in [3.8, 4) is 0 Å². The molecule has 0 spiro atoms. The van der Waals surface area contributed by atoms with Crippen LogP contribution in [-0.4, -0.2) is 16.7 Å². The third kappa shape index (κ3) is 3.87. The minimum Gasteiger partial charge on any atom is -0.339 e. The van der Waals surface area contributed by atoms with Gasteiger partial charge in [0.15, 0.2) is 5.82 Å². The van der Waals surface area contributed by atoms with Gasteiger partial charge in [-0.05, 0) is 24.6 Å². The van der Waals surface area contributed by atoms with Crippen LogP contribution in [0.5, 0.6) is 0 Å². The molecule has 108 valence electrons. The molecule has 0 aliphatic carbocycles. The molecule has 0 bridgehead atoms. The zero-order valence-corrected chi connectivity index (χ0v) is 12.1. The summed E-state index contributed by atoms with van der Waals surface area (Å²) in [6, 6.07) is 6.70. The van der Waals surface area contributed by atoms with Gasteiger partial charge in [0.05, 0.1) is 0 Å². The first-order chi connectivity index (χ1) is 9.56. The van der Waals surface area contributed by atoms with Crippen molar-refractivity contribution in [1.82, 2.24) is 15.5 Å². The van der Waals surface area contributed by atoms with Gasteiger partial charge in [-0.25, -0.2) is 4.39 Å². The molecule has 1 aromatic heterocycles. The largest absolute Gasteiger partial charge is 0.339 e. The lowest BCUT2D eigenvalue weighted by Gasteiger charge is -2.13. The summed E-state index contributed by atoms with van der Waals surface area (Å²) < 4.78 is 18.3. The average Bonchev–Trinajstić information content (AvgIpc) is 2.87. The molecule has 0 saturated heterocycles. The van der Waals surface area contributed by atoms with Gasteiger partial charge in [-0.15, -0.1) is 0 Å². The Kier molecular flexibility index (Phi) is 4.84. The van der Waals surface area contributed by atoms with E-state index in [0.717, 1.165) is 11.4 Å². The molecule has 1 heterocycles. The van der Waals surface area contributed by atoms with Gasteiger partial charge in [-0.1, -0.05) is 31.1 Å². The number of benzene rings is 1. The summed E-state index contributed by atoms with van der Waals surface area (Å²) >= 11 is 0. The van der Waals surface area contributed by atoms with Crippen LogP contribution in [0.1, 0.15) is 50.0 Å². The SMILES string of the molecule is CC(C)c1noc(CCNC(C)c2cccc(F)c2)n1. The van der Waals surface area contributed by atoms with E-state index in [9.17, 15) is 4.39 Å². The number of aromatic nitrogens is 2. The van der Waals surface area contributed by atoms with Crippen molar-refractivity contribution >= 4 is 0 Å². The van der Waals surface area contributed by atoms with Gasteiger partial charge in [0.1, 0.15) is 5.82 Å². The van der Waals surface area contributed by atoms with Crippen molar-refractivity contribution < 1.29 is 8.91 Å². The van der Waals surface area contributed by atoms with Crippen molar-refractivity contribution in [1.29, 1.82) is 0 Å². The van der Waals surface area contributed by atoms with Crippen molar-refractivity contribution in [2.24, 2.45) is 0 Å². The van der Waals surface area contributed by atoms with Gasteiger partial charge in [0.25, 0.3) is 0 Å². The first-order valence-electron chi connectivity index (χ1n) is 6.87. The van der Waals surface area contributed by atoms with Gasteiger partial charge >= 0.3 is 0 Å². The maximum absolute atomic E-state index is 13.1. The van der Waals surface area contributed by atoms with Crippen molar-refractivity contribution in [2.75, 3.05) is 6.54 Å². The smallest absolute Gasteiger partial charge is 0.227 e. The molecule has 0 aliphatic rings. The van der Waals surface area contributed by atoms with Crippen LogP contribution in [0.4, 0.5) is 4.39 Å². The third-order valence-electron chi connectivity index (χ3n) is 3.14. The molecule has 4 nitrogen and oxygen atoms in total. The molecular formula is C15H20FN3O. The monoisotopic (exact) mass is 277 g/mol. The molecule has 0 fully saturated rings. The molecule has 1 atom stereocenters. The van der Waals surface area contributed by atoms with E-state index in [1.54, 1.807) is 12.1 Å². The average molecular weight is 277 g/mol. The van der Waals surface area contributed by atoms with Crippen molar-refractivity contribution in [3.63, 3.8) is 0 Å². The van der Waals surface area contributed by atoms with E-state index in [-0.39, 0.29) is 17.8 Å². The summed E-state index contributed by atoms with van der Waals surface area (Å²) in [5.74, 6) is 1.42. The van der Waals surface area contributed by atoms with Crippen LogP contribution in [0.25, 0.3) is 0 Å². The fourth-order valence-corrected chi connectivity index (χ4v) is 1.89. The number of nitrogens with one attached hydrogen (secondary N) is 1. The highest BCUT2D eigenvalue weighted by Crippen LogP contribution is 2.14. The van der Waals surface area contributed by atoms with Gasteiger partial charge in [0, 0.05) is 24.9 Å². The van der Waals surface area contributed by atoms with Crippen LogP contribution in [0.15, 0.2) is 28.8 Å². The topological polar surface area (TPSA) is 51.0 Å². The van der Waals surface area contributed by atoms with Crippen LogP contribution in [0.2, 0.25) is 0 Å². The van der Waals surface area contributed by atoms with Crippen LogP contribution in [0, 0.1) is 5.82 Å². The Balaban J connectivity index is 1.83. The molecule has 2 rings (SSSR count). The predicted octanol–water partition coefficient (Wildman–Crippen LogP) is 3.23. The summed E-state index contributed by atoms with van der Waals surface area (Å²) in [6.45, 7) is 6.76. The second-order valence-corrected chi connectivity index (χ2v) is 5.18. The molecule has 0 radical (unpaired) electrons. The number of rotatable bonds is 6. The molecular weight excluding hydrogens is 257 g/mol.